The molecular weight excluding hydrogens is 266 g/mol. The highest BCUT2D eigenvalue weighted by molar-refractivity contribution is 6.03. The lowest BCUT2D eigenvalue weighted by molar-refractivity contribution is -0.121. The van der Waals surface area contributed by atoms with E-state index in [9.17, 15) is 4.79 Å². The fourth-order valence-corrected chi connectivity index (χ4v) is 3.75. The number of rotatable bonds is 2. The van der Waals surface area contributed by atoms with Crippen molar-refractivity contribution in [1.29, 1.82) is 0 Å². The van der Waals surface area contributed by atoms with E-state index >= 15 is 0 Å². The summed E-state index contributed by atoms with van der Waals surface area (Å²) < 4.78 is 11.1. The van der Waals surface area contributed by atoms with Crippen molar-refractivity contribution in [1.82, 2.24) is 0 Å². The normalized spacial score (nSPS) is 24.9. The predicted octanol–water partition coefficient (Wildman–Crippen LogP) is 2.43. The minimum absolute atomic E-state index is 0.0376. The standard InChI is InChI=1S/C17H17NO3/c1-20-13-9-10-7-8-18-15(10)14(16(13)21-2)11-5-3-4-6-12(11)17(18)19/h3-6,9,11-12H,7-8H2,1-2H3/t11-,12+/m0/s1. The van der Waals surface area contributed by atoms with E-state index < -0.39 is 0 Å². The average Bonchev–Trinajstić information content (AvgIpc) is 2.95. The van der Waals surface area contributed by atoms with Crippen molar-refractivity contribution < 1.29 is 14.3 Å². The molecule has 21 heavy (non-hydrogen) atoms. The van der Waals surface area contributed by atoms with E-state index in [0.29, 0.717) is 0 Å². The Balaban J connectivity index is 2.03. The zero-order valence-corrected chi connectivity index (χ0v) is 12.1. The molecule has 0 N–H and O–H groups in total. The Morgan fingerprint density at radius 2 is 1.90 bits per heavy atom. The van der Waals surface area contributed by atoms with Crippen molar-refractivity contribution in [2.75, 3.05) is 25.7 Å². The number of methoxy groups -OCH3 is 2. The summed E-state index contributed by atoms with van der Waals surface area (Å²) in [6.45, 7) is 0.748. The van der Waals surface area contributed by atoms with Crippen LogP contribution in [0.5, 0.6) is 11.5 Å². The molecule has 4 heteroatoms. The SMILES string of the molecule is COc1cc2c3c(c1OC)[C@H]1C=CC=C[C@H]1C(=O)N3CC2. The maximum atomic E-state index is 12.7. The van der Waals surface area contributed by atoms with Crippen LogP contribution in [0.25, 0.3) is 0 Å². The number of ether oxygens (including phenoxy) is 2. The smallest absolute Gasteiger partial charge is 0.234 e. The Kier molecular flexibility index (Phi) is 2.61. The van der Waals surface area contributed by atoms with E-state index in [2.05, 4.69) is 6.08 Å². The van der Waals surface area contributed by atoms with Crippen LogP contribution in [0.1, 0.15) is 17.0 Å². The maximum absolute atomic E-state index is 12.7. The molecule has 4 rings (SSSR count). The Labute approximate surface area is 123 Å². The number of anilines is 1. The number of allylic oxidation sites excluding steroid dienone is 3. The number of nitrogens with zero attached hydrogens (tertiary/aromatic N) is 1. The van der Waals surface area contributed by atoms with Gasteiger partial charge in [0.05, 0.1) is 25.8 Å². The molecule has 108 valence electrons. The molecule has 1 aromatic carbocycles. The third-order valence-corrected chi connectivity index (χ3v) is 4.65. The van der Waals surface area contributed by atoms with Gasteiger partial charge >= 0.3 is 0 Å². The van der Waals surface area contributed by atoms with Crippen molar-refractivity contribution >= 4 is 11.6 Å². The van der Waals surface area contributed by atoms with Gasteiger partial charge in [0, 0.05) is 18.0 Å². The van der Waals surface area contributed by atoms with Gasteiger partial charge in [0.15, 0.2) is 11.5 Å². The molecule has 0 unspecified atom stereocenters. The number of fused-ring (bicyclic) bond motifs is 2. The van der Waals surface area contributed by atoms with Gasteiger partial charge in [-0.05, 0) is 18.1 Å². The molecule has 0 spiro atoms. The zero-order valence-electron chi connectivity index (χ0n) is 12.1. The zero-order chi connectivity index (χ0) is 14.6. The monoisotopic (exact) mass is 283 g/mol. The topological polar surface area (TPSA) is 38.8 Å². The van der Waals surface area contributed by atoms with E-state index in [4.69, 9.17) is 9.47 Å². The summed E-state index contributed by atoms with van der Waals surface area (Å²) in [4.78, 5) is 14.6. The van der Waals surface area contributed by atoms with Crippen LogP contribution in [0.15, 0.2) is 30.4 Å². The van der Waals surface area contributed by atoms with Gasteiger partial charge in [-0.2, -0.15) is 0 Å². The lowest BCUT2D eigenvalue weighted by atomic mass is 9.77. The van der Waals surface area contributed by atoms with Gasteiger partial charge in [-0.25, -0.2) is 0 Å². The first-order chi connectivity index (χ1) is 10.3. The molecule has 0 aromatic heterocycles. The summed E-state index contributed by atoms with van der Waals surface area (Å²) >= 11 is 0. The highest BCUT2D eigenvalue weighted by Gasteiger charge is 2.44. The van der Waals surface area contributed by atoms with E-state index in [0.717, 1.165) is 35.7 Å². The average molecular weight is 283 g/mol. The molecule has 2 atom stereocenters. The second kappa shape index (κ2) is 4.38. The first-order valence-corrected chi connectivity index (χ1v) is 7.20. The first-order valence-electron chi connectivity index (χ1n) is 7.20. The van der Waals surface area contributed by atoms with Crippen molar-refractivity contribution in [2.45, 2.75) is 12.3 Å². The Morgan fingerprint density at radius 1 is 1.14 bits per heavy atom. The maximum Gasteiger partial charge on any atom is 0.234 e. The summed E-state index contributed by atoms with van der Waals surface area (Å²) in [5, 5.41) is 0. The van der Waals surface area contributed by atoms with Crippen LogP contribution in [0.3, 0.4) is 0 Å². The minimum atomic E-state index is -0.130. The second-order valence-corrected chi connectivity index (χ2v) is 5.59. The summed E-state index contributed by atoms with van der Waals surface area (Å²) in [5.74, 6) is 1.61. The largest absolute Gasteiger partial charge is 0.493 e. The van der Waals surface area contributed by atoms with Crippen LogP contribution in [-0.4, -0.2) is 26.7 Å². The molecule has 1 amide bonds. The molecule has 4 nitrogen and oxygen atoms in total. The Morgan fingerprint density at radius 3 is 2.62 bits per heavy atom. The van der Waals surface area contributed by atoms with E-state index in [1.807, 2.05) is 29.2 Å². The summed E-state index contributed by atoms with van der Waals surface area (Å²) in [6.07, 6.45) is 8.92. The molecule has 1 aliphatic carbocycles. The third kappa shape index (κ3) is 1.53. The molecule has 2 heterocycles. The van der Waals surface area contributed by atoms with Gasteiger partial charge in [-0.3, -0.25) is 4.79 Å². The molecular formula is C17H17NO3. The molecule has 0 saturated heterocycles. The molecule has 0 bridgehead atoms. The number of hydrogen-bond donors (Lipinski definition) is 0. The second-order valence-electron chi connectivity index (χ2n) is 5.59. The fourth-order valence-electron chi connectivity index (χ4n) is 3.75. The summed E-state index contributed by atoms with van der Waals surface area (Å²) in [5.41, 5.74) is 3.31. The highest BCUT2D eigenvalue weighted by atomic mass is 16.5. The van der Waals surface area contributed by atoms with Crippen molar-refractivity contribution in [3.8, 4) is 11.5 Å². The van der Waals surface area contributed by atoms with Gasteiger partial charge in [0.25, 0.3) is 0 Å². The van der Waals surface area contributed by atoms with E-state index in [-0.39, 0.29) is 17.7 Å². The molecule has 2 aliphatic heterocycles. The van der Waals surface area contributed by atoms with Crippen LogP contribution in [-0.2, 0) is 11.2 Å². The van der Waals surface area contributed by atoms with Crippen LogP contribution in [0, 0.1) is 5.92 Å². The van der Waals surface area contributed by atoms with Crippen LogP contribution in [0.4, 0.5) is 5.69 Å². The number of hydrogen-bond acceptors (Lipinski definition) is 3. The molecule has 0 saturated carbocycles. The quantitative estimate of drug-likeness (QED) is 0.836. The number of benzene rings is 1. The van der Waals surface area contributed by atoms with Gasteiger partial charge in [0.1, 0.15) is 0 Å². The number of amides is 1. The predicted molar refractivity (Wildman–Crippen MR) is 80.1 cm³/mol. The van der Waals surface area contributed by atoms with Gasteiger partial charge in [-0.1, -0.05) is 24.3 Å². The van der Waals surface area contributed by atoms with Crippen LogP contribution >= 0.6 is 0 Å². The van der Waals surface area contributed by atoms with Crippen LogP contribution in [0.2, 0.25) is 0 Å². The van der Waals surface area contributed by atoms with E-state index in [1.165, 1.54) is 5.56 Å². The molecule has 0 radical (unpaired) electrons. The Bertz CT molecular complexity index is 690. The minimum Gasteiger partial charge on any atom is -0.493 e. The molecule has 1 aromatic rings. The van der Waals surface area contributed by atoms with Gasteiger partial charge in [0.2, 0.25) is 5.91 Å². The lowest BCUT2D eigenvalue weighted by Gasteiger charge is -2.37. The van der Waals surface area contributed by atoms with Crippen molar-refractivity contribution in [2.24, 2.45) is 5.92 Å². The molecule has 0 fully saturated rings. The Hall–Kier alpha value is -2.23. The number of carbonyl (C=O) groups is 1. The first kappa shape index (κ1) is 12.5. The van der Waals surface area contributed by atoms with E-state index in [1.54, 1.807) is 14.2 Å². The van der Waals surface area contributed by atoms with Crippen molar-refractivity contribution in [3.05, 3.63) is 41.5 Å². The van der Waals surface area contributed by atoms with Gasteiger partial charge < -0.3 is 14.4 Å². The fraction of sp³-hybridized carbons (Fsp3) is 0.353. The van der Waals surface area contributed by atoms with Gasteiger partial charge in [-0.15, -0.1) is 0 Å². The highest BCUT2D eigenvalue weighted by Crippen LogP contribution is 2.53. The third-order valence-electron chi connectivity index (χ3n) is 4.65. The van der Waals surface area contributed by atoms with Crippen molar-refractivity contribution in [3.63, 3.8) is 0 Å². The van der Waals surface area contributed by atoms with Crippen LogP contribution < -0.4 is 14.4 Å². The molecule has 3 aliphatic rings. The summed E-state index contributed by atoms with van der Waals surface area (Å²) in [6, 6.07) is 2.01. The lowest BCUT2D eigenvalue weighted by Crippen LogP contribution is -2.41. The summed E-state index contributed by atoms with van der Waals surface area (Å²) in [7, 11) is 3.32. The number of carbonyl (C=O) groups excluding carboxylic acids is 1.